The average molecular weight is 467 g/mol. The molecule has 2 aliphatic heterocycles. The SMILES string of the molecule is FC(F)Cn1ncc2ncc(N3CCC4(CCCN(c5cccnc5C(F)(F)F)C4)C3)nc21. The third kappa shape index (κ3) is 4.18. The average Bonchev–Trinajstić information content (AvgIpc) is 3.37. The molecule has 33 heavy (non-hydrogen) atoms. The van der Waals surface area contributed by atoms with E-state index in [1.54, 1.807) is 11.1 Å². The normalized spacial score (nSPS) is 21.6. The Hall–Kier alpha value is -3.05. The van der Waals surface area contributed by atoms with Gasteiger partial charge in [-0.15, -0.1) is 0 Å². The van der Waals surface area contributed by atoms with Crippen LogP contribution in [0.2, 0.25) is 0 Å². The van der Waals surface area contributed by atoms with Crippen LogP contribution in [0.5, 0.6) is 0 Å². The Balaban J connectivity index is 1.37. The van der Waals surface area contributed by atoms with Crippen molar-refractivity contribution in [2.24, 2.45) is 5.41 Å². The zero-order valence-electron chi connectivity index (χ0n) is 17.6. The van der Waals surface area contributed by atoms with Crippen LogP contribution >= 0.6 is 0 Å². The highest BCUT2D eigenvalue weighted by Gasteiger charge is 2.44. The molecule has 1 unspecified atom stereocenters. The lowest BCUT2D eigenvalue weighted by Gasteiger charge is -2.42. The molecule has 2 aliphatic rings. The van der Waals surface area contributed by atoms with Gasteiger partial charge in [-0.25, -0.2) is 28.4 Å². The molecule has 3 aromatic rings. The fourth-order valence-corrected chi connectivity index (χ4v) is 5.00. The monoisotopic (exact) mass is 467 g/mol. The second-order valence-corrected chi connectivity index (χ2v) is 8.72. The highest BCUT2D eigenvalue weighted by Crippen LogP contribution is 2.43. The Kier molecular flexibility index (Phi) is 5.32. The second kappa shape index (κ2) is 8.07. The predicted octanol–water partition coefficient (Wildman–Crippen LogP) is 4.00. The number of pyridine rings is 1. The minimum absolute atomic E-state index is 0.111. The van der Waals surface area contributed by atoms with Gasteiger partial charge < -0.3 is 9.80 Å². The van der Waals surface area contributed by atoms with Crippen molar-refractivity contribution in [1.82, 2.24) is 24.7 Å². The van der Waals surface area contributed by atoms with Crippen molar-refractivity contribution in [3.8, 4) is 0 Å². The number of anilines is 2. The van der Waals surface area contributed by atoms with Gasteiger partial charge in [0.25, 0.3) is 6.43 Å². The van der Waals surface area contributed by atoms with Crippen LogP contribution in [0, 0.1) is 5.41 Å². The van der Waals surface area contributed by atoms with Crippen LogP contribution in [0.3, 0.4) is 0 Å². The maximum absolute atomic E-state index is 13.5. The molecule has 3 aromatic heterocycles. The summed E-state index contributed by atoms with van der Waals surface area (Å²) in [5, 5.41) is 3.95. The van der Waals surface area contributed by atoms with Gasteiger partial charge in [0.2, 0.25) is 0 Å². The smallest absolute Gasteiger partial charge is 0.369 e. The lowest BCUT2D eigenvalue weighted by Crippen LogP contribution is -2.45. The fraction of sp³-hybridized carbons (Fsp3) is 0.524. The fourth-order valence-electron chi connectivity index (χ4n) is 5.00. The number of hydrogen-bond donors (Lipinski definition) is 0. The van der Waals surface area contributed by atoms with Crippen LogP contribution in [0.25, 0.3) is 11.2 Å². The molecule has 2 saturated heterocycles. The Bertz CT molecular complexity index is 1150. The van der Waals surface area contributed by atoms with E-state index in [1.807, 2.05) is 4.90 Å². The van der Waals surface area contributed by atoms with Gasteiger partial charge in [-0.3, -0.25) is 0 Å². The number of aromatic nitrogens is 5. The van der Waals surface area contributed by atoms with Gasteiger partial charge in [-0.2, -0.15) is 18.3 Å². The first kappa shape index (κ1) is 21.8. The van der Waals surface area contributed by atoms with Crippen molar-refractivity contribution in [1.29, 1.82) is 0 Å². The van der Waals surface area contributed by atoms with Crippen molar-refractivity contribution in [2.75, 3.05) is 36.0 Å². The first-order chi connectivity index (χ1) is 15.7. The van der Waals surface area contributed by atoms with Crippen LogP contribution < -0.4 is 9.80 Å². The summed E-state index contributed by atoms with van der Waals surface area (Å²) in [6.45, 7) is 1.73. The van der Waals surface area contributed by atoms with Gasteiger partial charge in [0.05, 0.1) is 18.1 Å². The summed E-state index contributed by atoms with van der Waals surface area (Å²) < 4.78 is 67.3. The molecular formula is C21H22F5N7. The first-order valence-corrected chi connectivity index (χ1v) is 10.7. The summed E-state index contributed by atoms with van der Waals surface area (Å²) in [5.41, 5.74) is -0.214. The molecule has 5 rings (SSSR count). The molecule has 5 heterocycles. The molecule has 0 bridgehead atoms. The van der Waals surface area contributed by atoms with E-state index in [9.17, 15) is 22.0 Å². The van der Waals surface area contributed by atoms with E-state index in [4.69, 9.17) is 0 Å². The molecule has 1 spiro atoms. The summed E-state index contributed by atoms with van der Waals surface area (Å²) in [5.74, 6) is 0.560. The van der Waals surface area contributed by atoms with Crippen LogP contribution in [-0.4, -0.2) is 57.3 Å². The zero-order chi connectivity index (χ0) is 23.2. The number of hydrogen-bond acceptors (Lipinski definition) is 6. The number of piperidine rings is 1. The van der Waals surface area contributed by atoms with Crippen molar-refractivity contribution in [2.45, 2.75) is 38.4 Å². The van der Waals surface area contributed by atoms with Crippen molar-refractivity contribution in [3.05, 3.63) is 36.4 Å². The van der Waals surface area contributed by atoms with Gasteiger partial charge in [0.1, 0.15) is 17.9 Å². The van der Waals surface area contributed by atoms with E-state index >= 15 is 0 Å². The molecule has 176 valence electrons. The van der Waals surface area contributed by atoms with E-state index < -0.39 is 24.8 Å². The largest absolute Gasteiger partial charge is 0.435 e. The summed E-state index contributed by atoms with van der Waals surface area (Å²) in [4.78, 5) is 16.3. The summed E-state index contributed by atoms with van der Waals surface area (Å²) in [6.07, 6.45) is -0.458. The second-order valence-electron chi connectivity index (χ2n) is 8.72. The number of fused-ring (bicyclic) bond motifs is 1. The molecule has 0 aliphatic carbocycles. The van der Waals surface area contributed by atoms with Crippen LogP contribution in [-0.2, 0) is 12.7 Å². The molecule has 0 N–H and O–H groups in total. The van der Waals surface area contributed by atoms with Gasteiger partial charge in [-0.05, 0) is 31.4 Å². The maximum Gasteiger partial charge on any atom is 0.435 e. The molecule has 12 heteroatoms. The Morgan fingerprint density at radius 1 is 1.03 bits per heavy atom. The molecular weight excluding hydrogens is 445 g/mol. The Morgan fingerprint density at radius 3 is 2.64 bits per heavy atom. The molecule has 0 amide bonds. The molecule has 0 aromatic carbocycles. The standard InChI is InChI=1S/C21H22F5N7/c22-16(23)11-33-19-14(9-29-33)28-10-17(30-19)32-8-5-20(13-32)4-2-7-31(12-20)15-3-1-6-27-18(15)21(24,25)26/h1,3,6,9-10,16H,2,4-5,7-8,11-13H2. The molecule has 0 saturated carbocycles. The highest BCUT2D eigenvalue weighted by molar-refractivity contribution is 5.71. The number of alkyl halides is 5. The quantitative estimate of drug-likeness (QED) is 0.541. The minimum Gasteiger partial charge on any atom is -0.369 e. The van der Waals surface area contributed by atoms with E-state index in [0.29, 0.717) is 43.2 Å². The van der Waals surface area contributed by atoms with Gasteiger partial charge in [0.15, 0.2) is 11.3 Å². The van der Waals surface area contributed by atoms with Crippen LogP contribution in [0.4, 0.5) is 33.5 Å². The van der Waals surface area contributed by atoms with E-state index in [1.165, 1.54) is 18.3 Å². The third-order valence-electron chi connectivity index (χ3n) is 6.46. The Morgan fingerprint density at radius 2 is 1.85 bits per heavy atom. The van der Waals surface area contributed by atoms with E-state index in [2.05, 4.69) is 20.1 Å². The summed E-state index contributed by atoms with van der Waals surface area (Å²) >= 11 is 0. The number of rotatable bonds is 4. The summed E-state index contributed by atoms with van der Waals surface area (Å²) in [6, 6.07) is 3.01. The molecule has 7 nitrogen and oxygen atoms in total. The van der Waals surface area contributed by atoms with E-state index in [-0.39, 0.29) is 11.1 Å². The first-order valence-electron chi connectivity index (χ1n) is 10.7. The zero-order valence-corrected chi connectivity index (χ0v) is 17.6. The topological polar surface area (TPSA) is 63.0 Å². The predicted molar refractivity (Wildman–Crippen MR) is 111 cm³/mol. The molecule has 0 radical (unpaired) electrons. The molecule has 2 fully saturated rings. The number of halogens is 5. The lowest BCUT2D eigenvalue weighted by molar-refractivity contribution is -0.140. The van der Waals surface area contributed by atoms with Crippen molar-refractivity contribution < 1.29 is 22.0 Å². The minimum atomic E-state index is -4.52. The third-order valence-corrected chi connectivity index (χ3v) is 6.46. The number of nitrogens with zero attached hydrogens (tertiary/aromatic N) is 7. The van der Waals surface area contributed by atoms with E-state index in [0.717, 1.165) is 30.1 Å². The molecule has 1 atom stereocenters. The van der Waals surface area contributed by atoms with Gasteiger partial charge >= 0.3 is 6.18 Å². The van der Waals surface area contributed by atoms with Crippen LogP contribution in [0.1, 0.15) is 25.0 Å². The Labute approximate surface area is 186 Å². The van der Waals surface area contributed by atoms with Crippen LogP contribution in [0.15, 0.2) is 30.7 Å². The van der Waals surface area contributed by atoms with Crippen molar-refractivity contribution in [3.63, 3.8) is 0 Å². The summed E-state index contributed by atoms with van der Waals surface area (Å²) in [7, 11) is 0. The maximum atomic E-state index is 13.5. The van der Waals surface area contributed by atoms with Crippen molar-refractivity contribution >= 4 is 22.7 Å². The van der Waals surface area contributed by atoms with Gasteiger partial charge in [-0.1, -0.05) is 0 Å². The van der Waals surface area contributed by atoms with Gasteiger partial charge in [0, 0.05) is 37.8 Å². The highest BCUT2D eigenvalue weighted by atomic mass is 19.4. The lowest BCUT2D eigenvalue weighted by atomic mass is 9.79.